The summed E-state index contributed by atoms with van der Waals surface area (Å²) in [6.45, 7) is 4.61. The molecule has 1 aliphatic rings. The summed E-state index contributed by atoms with van der Waals surface area (Å²) in [6.07, 6.45) is 6.55. The van der Waals surface area contributed by atoms with Crippen LogP contribution in [-0.4, -0.2) is 18.7 Å². The summed E-state index contributed by atoms with van der Waals surface area (Å²) in [5.41, 5.74) is 0. The van der Waals surface area contributed by atoms with Crippen molar-refractivity contribution in [1.82, 2.24) is 0 Å². The fraction of sp³-hybridized carbons (Fsp3) is 1.00. The largest absolute Gasteiger partial charge is 0.286 e. The van der Waals surface area contributed by atoms with Crippen molar-refractivity contribution < 1.29 is 13.0 Å². The molecule has 0 amide bonds. The number of rotatable bonds is 5. The molecule has 96 valence electrons. The van der Waals surface area contributed by atoms with Crippen LogP contribution >= 0.6 is 0 Å². The predicted octanol–water partition coefficient (Wildman–Crippen LogP) is 3.12. The Morgan fingerprint density at radius 1 is 1.19 bits per heavy atom. The number of unbranched alkanes of at least 4 members (excludes halogenated alkanes) is 1. The van der Waals surface area contributed by atoms with E-state index in [4.69, 9.17) is 4.55 Å². The summed E-state index contributed by atoms with van der Waals surface area (Å²) in [4.78, 5) is 0. The van der Waals surface area contributed by atoms with Crippen molar-refractivity contribution in [3.05, 3.63) is 0 Å². The van der Waals surface area contributed by atoms with Gasteiger partial charge in [-0.05, 0) is 30.6 Å². The first-order valence-electron chi connectivity index (χ1n) is 6.33. The van der Waals surface area contributed by atoms with Crippen LogP contribution in [0.1, 0.15) is 52.4 Å². The van der Waals surface area contributed by atoms with Crippen molar-refractivity contribution >= 4 is 10.1 Å². The average molecular weight is 248 g/mol. The molecule has 0 bridgehead atoms. The van der Waals surface area contributed by atoms with Gasteiger partial charge in [0.2, 0.25) is 0 Å². The molecule has 1 aliphatic carbocycles. The molecule has 4 heteroatoms. The lowest BCUT2D eigenvalue weighted by molar-refractivity contribution is 0.190. The Balaban J connectivity index is 2.21. The molecule has 3 nitrogen and oxygen atoms in total. The average Bonchev–Trinajstić information content (AvgIpc) is 2.16. The second-order valence-corrected chi connectivity index (χ2v) is 7.01. The molecule has 1 fully saturated rings. The second-order valence-electron chi connectivity index (χ2n) is 5.44. The van der Waals surface area contributed by atoms with E-state index in [9.17, 15) is 8.42 Å². The summed E-state index contributed by atoms with van der Waals surface area (Å²) in [5.74, 6) is 2.28. The molecule has 0 radical (unpaired) electrons. The Morgan fingerprint density at radius 2 is 1.88 bits per heavy atom. The zero-order valence-electron chi connectivity index (χ0n) is 10.4. The lowest BCUT2D eigenvalue weighted by atomic mass is 9.73. The highest BCUT2D eigenvalue weighted by Gasteiger charge is 2.24. The Hall–Kier alpha value is -0.0900. The highest BCUT2D eigenvalue weighted by Crippen LogP contribution is 2.36. The molecule has 3 atom stereocenters. The summed E-state index contributed by atoms with van der Waals surface area (Å²) in [5, 5.41) is 0. The minimum absolute atomic E-state index is 0.0797. The lowest BCUT2D eigenvalue weighted by Gasteiger charge is -2.32. The van der Waals surface area contributed by atoms with E-state index in [0.717, 1.165) is 30.6 Å². The summed E-state index contributed by atoms with van der Waals surface area (Å²) < 4.78 is 29.7. The topological polar surface area (TPSA) is 54.4 Å². The molecule has 0 saturated heterocycles. The van der Waals surface area contributed by atoms with Gasteiger partial charge in [-0.3, -0.25) is 4.55 Å². The Kier molecular flexibility index (Phi) is 5.25. The van der Waals surface area contributed by atoms with Gasteiger partial charge in [-0.1, -0.05) is 39.5 Å². The summed E-state index contributed by atoms with van der Waals surface area (Å²) >= 11 is 0. The van der Waals surface area contributed by atoms with E-state index < -0.39 is 10.1 Å². The summed E-state index contributed by atoms with van der Waals surface area (Å²) in [7, 11) is -3.75. The molecular weight excluding hydrogens is 224 g/mol. The Bertz CT molecular complexity index is 297. The van der Waals surface area contributed by atoms with Crippen molar-refractivity contribution in [2.45, 2.75) is 52.4 Å². The third kappa shape index (κ3) is 5.30. The highest BCUT2D eigenvalue weighted by molar-refractivity contribution is 7.85. The maximum absolute atomic E-state index is 10.6. The van der Waals surface area contributed by atoms with Gasteiger partial charge < -0.3 is 0 Å². The third-order valence-electron chi connectivity index (χ3n) is 3.85. The van der Waals surface area contributed by atoms with Crippen molar-refractivity contribution in [3.63, 3.8) is 0 Å². The van der Waals surface area contributed by atoms with Gasteiger partial charge in [0.05, 0.1) is 5.75 Å². The van der Waals surface area contributed by atoms with Crippen LogP contribution in [0, 0.1) is 17.8 Å². The van der Waals surface area contributed by atoms with Gasteiger partial charge in [0.25, 0.3) is 10.1 Å². The molecule has 16 heavy (non-hydrogen) atoms. The van der Waals surface area contributed by atoms with Crippen LogP contribution in [0.2, 0.25) is 0 Å². The van der Waals surface area contributed by atoms with Crippen LogP contribution in [0.25, 0.3) is 0 Å². The first kappa shape index (κ1) is 14.0. The normalized spacial score (nSPS) is 31.6. The van der Waals surface area contributed by atoms with Gasteiger partial charge in [0.1, 0.15) is 0 Å². The van der Waals surface area contributed by atoms with Gasteiger partial charge in [-0.15, -0.1) is 0 Å². The first-order valence-corrected chi connectivity index (χ1v) is 7.94. The molecule has 0 aromatic heterocycles. The zero-order valence-corrected chi connectivity index (χ0v) is 11.2. The van der Waals surface area contributed by atoms with Gasteiger partial charge in [-0.2, -0.15) is 8.42 Å². The minimum atomic E-state index is -3.75. The Labute approximate surface area is 99.4 Å². The molecule has 1 rings (SSSR count). The fourth-order valence-electron chi connectivity index (χ4n) is 2.74. The fourth-order valence-corrected chi connectivity index (χ4v) is 3.31. The van der Waals surface area contributed by atoms with E-state index in [1.807, 2.05) is 0 Å². The smallest absolute Gasteiger partial charge is 0.264 e. The van der Waals surface area contributed by atoms with Crippen LogP contribution in [0.3, 0.4) is 0 Å². The molecule has 0 aromatic carbocycles. The summed E-state index contributed by atoms with van der Waals surface area (Å²) in [6, 6.07) is 0. The maximum atomic E-state index is 10.6. The van der Waals surface area contributed by atoms with Crippen molar-refractivity contribution in [3.8, 4) is 0 Å². The van der Waals surface area contributed by atoms with Gasteiger partial charge in [-0.25, -0.2) is 0 Å². The minimum Gasteiger partial charge on any atom is -0.286 e. The predicted molar refractivity (Wildman–Crippen MR) is 65.9 cm³/mol. The van der Waals surface area contributed by atoms with Crippen molar-refractivity contribution in [2.75, 3.05) is 5.75 Å². The van der Waals surface area contributed by atoms with E-state index in [1.165, 1.54) is 19.3 Å². The quantitative estimate of drug-likeness (QED) is 0.601. The highest BCUT2D eigenvalue weighted by atomic mass is 32.2. The van der Waals surface area contributed by atoms with E-state index >= 15 is 0 Å². The zero-order chi connectivity index (χ0) is 12.2. The van der Waals surface area contributed by atoms with Gasteiger partial charge in [0.15, 0.2) is 0 Å². The molecule has 0 aliphatic heterocycles. The monoisotopic (exact) mass is 248 g/mol. The molecule has 0 unspecified atom stereocenters. The third-order valence-corrected chi connectivity index (χ3v) is 4.66. The molecule has 0 spiro atoms. The van der Waals surface area contributed by atoms with E-state index in [-0.39, 0.29) is 5.75 Å². The first-order chi connectivity index (χ1) is 7.38. The van der Waals surface area contributed by atoms with Crippen LogP contribution in [0.5, 0.6) is 0 Å². The van der Waals surface area contributed by atoms with Crippen LogP contribution in [-0.2, 0) is 10.1 Å². The van der Waals surface area contributed by atoms with Gasteiger partial charge >= 0.3 is 0 Å². The van der Waals surface area contributed by atoms with Crippen molar-refractivity contribution in [1.29, 1.82) is 0 Å². The van der Waals surface area contributed by atoms with E-state index in [1.54, 1.807) is 0 Å². The molecule has 1 N–H and O–H groups in total. The van der Waals surface area contributed by atoms with Crippen LogP contribution in [0.4, 0.5) is 0 Å². The van der Waals surface area contributed by atoms with Crippen LogP contribution < -0.4 is 0 Å². The van der Waals surface area contributed by atoms with E-state index in [0.29, 0.717) is 6.42 Å². The second kappa shape index (κ2) is 6.01. The van der Waals surface area contributed by atoms with Crippen LogP contribution in [0.15, 0.2) is 0 Å². The number of hydrogen-bond donors (Lipinski definition) is 1. The molecule has 1 saturated carbocycles. The Morgan fingerprint density at radius 3 is 2.50 bits per heavy atom. The molecule has 0 heterocycles. The van der Waals surface area contributed by atoms with Crippen molar-refractivity contribution in [2.24, 2.45) is 17.8 Å². The molecular formula is C12H24O3S. The molecule has 0 aromatic rings. The van der Waals surface area contributed by atoms with E-state index in [2.05, 4.69) is 13.8 Å². The maximum Gasteiger partial charge on any atom is 0.264 e. The number of hydrogen-bond acceptors (Lipinski definition) is 2. The lowest BCUT2D eigenvalue weighted by Crippen LogP contribution is -2.21. The standard InChI is InChI=1S/C12H24O3S/c1-10-6-7-11(2)12(9-10)5-3-4-8-16(13,14)15/h10-12H,3-9H2,1-2H3,(H,13,14,15)/t10-,11-,12+/m0/s1. The van der Waals surface area contributed by atoms with Gasteiger partial charge in [0, 0.05) is 0 Å². The SMILES string of the molecule is C[C@H]1CC[C@H](C)[C@H](CCCCS(=O)(=O)O)C1.